The van der Waals surface area contributed by atoms with Crippen LogP contribution < -0.4 is 10.6 Å². The van der Waals surface area contributed by atoms with E-state index < -0.39 is 0 Å². The Kier molecular flexibility index (Phi) is 4.87. The minimum absolute atomic E-state index is 0.0134. The summed E-state index contributed by atoms with van der Waals surface area (Å²) in [4.78, 5) is 14.2. The lowest BCUT2D eigenvalue weighted by Gasteiger charge is -2.31. The number of likely N-dealkylation sites (tertiary alicyclic amines) is 1. The normalized spacial score (nSPS) is 26.5. The molecule has 2 rings (SSSR count). The van der Waals surface area contributed by atoms with Crippen LogP contribution in [-0.4, -0.2) is 42.1 Å². The highest BCUT2D eigenvalue weighted by molar-refractivity contribution is 5.74. The van der Waals surface area contributed by atoms with Crippen molar-refractivity contribution in [1.29, 1.82) is 0 Å². The smallest absolute Gasteiger partial charge is 0.315 e. The summed E-state index contributed by atoms with van der Waals surface area (Å²) in [6.45, 7) is 6.17. The van der Waals surface area contributed by atoms with Crippen LogP contribution in [0.15, 0.2) is 0 Å². The Morgan fingerprint density at radius 3 is 2.56 bits per heavy atom. The number of carbonyl (C=O) groups is 1. The molecule has 18 heavy (non-hydrogen) atoms. The van der Waals surface area contributed by atoms with Crippen molar-refractivity contribution in [1.82, 2.24) is 15.5 Å². The van der Waals surface area contributed by atoms with Gasteiger partial charge in [0.2, 0.25) is 0 Å². The van der Waals surface area contributed by atoms with Gasteiger partial charge in [-0.05, 0) is 33.1 Å². The number of amides is 2. The third-order valence-electron chi connectivity index (χ3n) is 4.07. The van der Waals surface area contributed by atoms with E-state index >= 15 is 0 Å². The maximum atomic E-state index is 11.7. The molecule has 0 radical (unpaired) electrons. The molecule has 0 aromatic carbocycles. The summed E-state index contributed by atoms with van der Waals surface area (Å²) in [6, 6.07) is 1.31. The van der Waals surface area contributed by atoms with Gasteiger partial charge >= 0.3 is 6.03 Å². The fourth-order valence-corrected chi connectivity index (χ4v) is 3.17. The van der Waals surface area contributed by atoms with Crippen molar-refractivity contribution in [2.75, 3.05) is 13.1 Å². The van der Waals surface area contributed by atoms with Gasteiger partial charge in [-0.15, -0.1) is 0 Å². The average molecular weight is 253 g/mol. The topological polar surface area (TPSA) is 44.4 Å². The summed E-state index contributed by atoms with van der Waals surface area (Å²) in [5.41, 5.74) is 0. The van der Waals surface area contributed by atoms with Crippen LogP contribution in [0.25, 0.3) is 0 Å². The lowest BCUT2D eigenvalue weighted by molar-refractivity contribution is 0.186. The second-order valence-electron chi connectivity index (χ2n) is 6.04. The van der Waals surface area contributed by atoms with Crippen LogP contribution in [0, 0.1) is 0 Å². The van der Waals surface area contributed by atoms with Gasteiger partial charge in [0.1, 0.15) is 0 Å². The van der Waals surface area contributed by atoms with Crippen molar-refractivity contribution in [3.05, 3.63) is 0 Å². The quantitative estimate of drug-likeness (QED) is 0.809. The van der Waals surface area contributed by atoms with Crippen molar-refractivity contribution in [2.45, 2.75) is 70.5 Å². The third-order valence-corrected chi connectivity index (χ3v) is 4.07. The molecule has 2 aliphatic rings. The van der Waals surface area contributed by atoms with E-state index in [0.29, 0.717) is 6.04 Å². The summed E-state index contributed by atoms with van der Waals surface area (Å²) < 4.78 is 0. The molecule has 1 atom stereocenters. The Balaban J connectivity index is 1.72. The highest BCUT2D eigenvalue weighted by Crippen LogP contribution is 2.25. The van der Waals surface area contributed by atoms with Gasteiger partial charge in [-0.1, -0.05) is 19.3 Å². The molecular formula is C14H27N3O. The molecule has 4 nitrogen and oxygen atoms in total. The van der Waals surface area contributed by atoms with Gasteiger partial charge in [0.15, 0.2) is 0 Å². The molecule has 0 aromatic heterocycles. The maximum absolute atomic E-state index is 11.7. The predicted octanol–water partition coefficient (Wildman–Crippen LogP) is 2.10. The van der Waals surface area contributed by atoms with E-state index in [9.17, 15) is 4.79 Å². The predicted molar refractivity (Wildman–Crippen MR) is 73.7 cm³/mol. The second-order valence-corrected chi connectivity index (χ2v) is 6.04. The van der Waals surface area contributed by atoms with E-state index in [0.717, 1.165) is 25.6 Å². The van der Waals surface area contributed by atoms with Gasteiger partial charge in [0.25, 0.3) is 0 Å². The number of urea groups is 1. The van der Waals surface area contributed by atoms with E-state index in [2.05, 4.69) is 15.5 Å². The molecule has 2 amide bonds. The van der Waals surface area contributed by atoms with E-state index in [4.69, 9.17) is 0 Å². The summed E-state index contributed by atoms with van der Waals surface area (Å²) in [5.74, 6) is 0. The van der Waals surface area contributed by atoms with Gasteiger partial charge in [-0.25, -0.2) is 4.79 Å². The first-order valence-electron chi connectivity index (χ1n) is 7.46. The lowest BCUT2D eigenvalue weighted by atomic mass is 9.94. The highest BCUT2D eigenvalue weighted by atomic mass is 16.2. The molecular weight excluding hydrogens is 226 g/mol. The first-order valence-corrected chi connectivity index (χ1v) is 7.46. The largest absolute Gasteiger partial charge is 0.336 e. The molecule has 4 heteroatoms. The van der Waals surface area contributed by atoms with Crippen LogP contribution in [0.5, 0.6) is 0 Å². The highest BCUT2D eigenvalue weighted by Gasteiger charge is 2.29. The number of nitrogens with one attached hydrogen (secondary N) is 2. The molecule has 0 bridgehead atoms. The number of hydrogen-bond acceptors (Lipinski definition) is 2. The third kappa shape index (κ3) is 3.87. The summed E-state index contributed by atoms with van der Waals surface area (Å²) in [5, 5.41) is 5.98. The molecule has 1 heterocycles. The minimum atomic E-state index is -0.0134. The Bertz CT molecular complexity index is 274. The fourth-order valence-electron chi connectivity index (χ4n) is 3.17. The Hall–Kier alpha value is -0.770. The molecule has 1 saturated carbocycles. The van der Waals surface area contributed by atoms with Crippen molar-refractivity contribution in [3.63, 3.8) is 0 Å². The summed E-state index contributed by atoms with van der Waals surface area (Å²) in [6.07, 6.45) is 7.97. The van der Waals surface area contributed by atoms with Gasteiger partial charge in [0.05, 0.1) is 0 Å². The fraction of sp³-hybridized carbons (Fsp3) is 0.929. The van der Waals surface area contributed by atoms with E-state index in [-0.39, 0.29) is 12.1 Å². The van der Waals surface area contributed by atoms with Crippen LogP contribution in [0.3, 0.4) is 0 Å². The zero-order valence-electron chi connectivity index (χ0n) is 11.7. The molecule has 1 aliphatic heterocycles. The van der Waals surface area contributed by atoms with Crippen LogP contribution in [0.1, 0.15) is 52.4 Å². The standard InChI is InChI=1S/C14H27N3O/c1-11(2)15-14(18)16-12-8-9-17(10-12)13-6-4-3-5-7-13/h11-13H,3-10H2,1-2H3,(H2,15,16,18). The number of carbonyl (C=O) groups excluding carboxylic acids is 1. The van der Waals surface area contributed by atoms with Crippen molar-refractivity contribution in [2.24, 2.45) is 0 Å². The number of rotatable bonds is 3. The Morgan fingerprint density at radius 1 is 1.17 bits per heavy atom. The molecule has 104 valence electrons. The molecule has 1 unspecified atom stereocenters. The van der Waals surface area contributed by atoms with E-state index in [1.807, 2.05) is 13.8 Å². The lowest BCUT2D eigenvalue weighted by Crippen LogP contribution is -2.46. The zero-order valence-corrected chi connectivity index (χ0v) is 11.7. The van der Waals surface area contributed by atoms with Gasteiger partial charge in [-0.3, -0.25) is 4.90 Å². The second kappa shape index (κ2) is 6.41. The van der Waals surface area contributed by atoms with Crippen LogP contribution in [-0.2, 0) is 0 Å². The summed E-state index contributed by atoms with van der Waals surface area (Å²) in [7, 11) is 0. The SMILES string of the molecule is CC(C)NC(=O)NC1CCN(C2CCCCC2)C1. The molecule has 2 fully saturated rings. The van der Waals surface area contributed by atoms with Gasteiger partial charge < -0.3 is 10.6 Å². The zero-order chi connectivity index (χ0) is 13.0. The molecule has 0 spiro atoms. The van der Waals surface area contributed by atoms with E-state index in [1.54, 1.807) is 0 Å². The summed E-state index contributed by atoms with van der Waals surface area (Å²) >= 11 is 0. The molecule has 2 N–H and O–H groups in total. The van der Waals surface area contributed by atoms with Crippen molar-refractivity contribution < 1.29 is 4.79 Å². The Morgan fingerprint density at radius 2 is 1.89 bits per heavy atom. The monoisotopic (exact) mass is 253 g/mol. The average Bonchev–Trinajstić information content (AvgIpc) is 2.77. The molecule has 0 aromatic rings. The van der Waals surface area contributed by atoms with Crippen molar-refractivity contribution >= 4 is 6.03 Å². The Labute approximate surface area is 110 Å². The van der Waals surface area contributed by atoms with E-state index in [1.165, 1.54) is 32.1 Å². The van der Waals surface area contributed by atoms with Gasteiger partial charge in [0, 0.05) is 31.2 Å². The van der Waals surface area contributed by atoms with Crippen LogP contribution >= 0.6 is 0 Å². The van der Waals surface area contributed by atoms with Gasteiger partial charge in [-0.2, -0.15) is 0 Å². The van der Waals surface area contributed by atoms with Crippen LogP contribution in [0.2, 0.25) is 0 Å². The first kappa shape index (κ1) is 13.7. The molecule has 1 saturated heterocycles. The minimum Gasteiger partial charge on any atom is -0.336 e. The molecule has 1 aliphatic carbocycles. The van der Waals surface area contributed by atoms with Crippen molar-refractivity contribution in [3.8, 4) is 0 Å². The number of hydrogen-bond donors (Lipinski definition) is 2. The number of nitrogens with zero attached hydrogens (tertiary/aromatic N) is 1. The maximum Gasteiger partial charge on any atom is 0.315 e. The van der Waals surface area contributed by atoms with Crippen LogP contribution in [0.4, 0.5) is 4.79 Å². The first-order chi connectivity index (χ1) is 8.65.